The second-order valence-electron chi connectivity index (χ2n) is 11.5. The Bertz CT molecular complexity index is 408. The average Bonchev–Trinajstić information content (AvgIpc) is 2.91. The second-order valence-corrected chi connectivity index (χ2v) is 15.2. The van der Waals surface area contributed by atoms with Crippen molar-refractivity contribution in [3.05, 3.63) is 0 Å². The predicted octanol–water partition coefficient (Wildman–Crippen LogP) is 12.6. The van der Waals surface area contributed by atoms with E-state index < -0.39 is 5.97 Å². The summed E-state index contributed by atoms with van der Waals surface area (Å²) < 4.78 is 0. The van der Waals surface area contributed by atoms with Crippen molar-refractivity contribution in [2.45, 2.75) is 176 Å². The van der Waals surface area contributed by atoms with Gasteiger partial charge in [-0.3, -0.25) is 4.79 Å². The zero-order valence-electron chi connectivity index (χ0n) is 26.9. The highest BCUT2D eigenvalue weighted by Crippen LogP contribution is 2.39. The van der Waals surface area contributed by atoms with Crippen LogP contribution in [0.2, 0.25) is 0 Å². The molecule has 1 unspecified atom stereocenters. The summed E-state index contributed by atoms with van der Waals surface area (Å²) in [6.45, 7) is 11.3. The average molecular weight is 575 g/mol. The summed E-state index contributed by atoms with van der Waals surface area (Å²) in [5.74, 6) is 1.27. The van der Waals surface area contributed by atoms with Crippen LogP contribution >= 0.6 is 19.7 Å². The monoisotopic (exact) mass is 574 g/mol. The summed E-state index contributed by atoms with van der Waals surface area (Å²) in [7, 11) is 0.366. The number of carbonyl (C=O) groups is 1. The highest BCUT2D eigenvalue weighted by atomic mass is 32.2. The maximum atomic E-state index is 10.3. The third kappa shape index (κ3) is 34.3. The van der Waals surface area contributed by atoms with Crippen molar-refractivity contribution in [2.75, 3.05) is 30.0 Å². The molecule has 2 nitrogen and oxygen atoms in total. The van der Waals surface area contributed by atoms with Gasteiger partial charge in [-0.2, -0.15) is 0 Å². The van der Waals surface area contributed by atoms with Gasteiger partial charge < -0.3 is 5.11 Å². The number of thioether (sulfide) groups is 1. The van der Waals surface area contributed by atoms with Crippen molar-refractivity contribution < 1.29 is 9.90 Å². The van der Waals surface area contributed by atoms with Crippen LogP contribution in [0.1, 0.15) is 176 Å². The quantitative estimate of drug-likeness (QED) is 0.0713. The largest absolute Gasteiger partial charge is 0.481 e. The van der Waals surface area contributed by atoms with Crippen LogP contribution in [0.25, 0.3) is 0 Å². The summed E-state index contributed by atoms with van der Waals surface area (Å²) in [6, 6.07) is 0. The van der Waals surface area contributed by atoms with Crippen molar-refractivity contribution in [3.63, 3.8) is 0 Å². The van der Waals surface area contributed by atoms with Gasteiger partial charge in [-0.1, -0.05) is 150 Å². The molecule has 38 heavy (non-hydrogen) atoms. The molecular formula is C34H71O2PS. The lowest BCUT2D eigenvalue weighted by molar-refractivity contribution is -0.133. The minimum Gasteiger partial charge on any atom is -0.481 e. The number of rotatable bonds is 29. The van der Waals surface area contributed by atoms with E-state index in [2.05, 4.69) is 34.6 Å². The Morgan fingerprint density at radius 3 is 1.29 bits per heavy atom. The highest BCUT2D eigenvalue weighted by molar-refractivity contribution is 7.99. The fraction of sp³-hybridized carbons (Fsp3) is 0.971. The molecule has 0 aromatic rings. The predicted molar refractivity (Wildman–Crippen MR) is 180 cm³/mol. The zero-order valence-corrected chi connectivity index (χ0v) is 28.6. The van der Waals surface area contributed by atoms with E-state index in [1.165, 1.54) is 141 Å². The van der Waals surface area contributed by atoms with Crippen molar-refractivity contribution in [3.8, 4) is 0 Å². The van der Waals surface area contributed by atoms with Crippen LogP contribution in [0.15, 0.2) is 0 Å². The Kier molecular flexibility index (Phi) is 37.5. The van der Waals surface area contributed by atoms with Crippen molar-refractivity contribution in [1.29, 1.82) is 0 Å². The smallest absolute Gasteiger partial charge is 0.313 e. The Morgan fingerprint density at radius 1 is 0.579 bits per heavy atom. The van der Waals surface area contributed by atoms with Crippen LogP contribution < -0.4 is 0 Å². The molecule has 230 valence electrons. The highest BCUT2D eigenvalue weighted by Gasteiger charge is 2.08. The van der Waals surface area contributed by atoms with E-state index in [0.717, 1.165) is 5.75 Å². The van der Waals surface area contributed by atoms with Crippen molar-refractivity contribution in [1.82, 2.24) is 0 Å². The first-order valence-electron chi connectivity index (χ1n) is 17.1. The van der Waals surface area contributed by atoms with Gasteiger partial charge in [0.05, 0.1) is 5.75 Å². The molecule has 0 aromatic carbocycles. The first-order valence-corrected chi connectivity index (χ1v) is 20.1. The fourth-order valence-electron chi connectivity index (χ4n) is 4.89. The number of carboxylic acids is 1. The van der Waals surface area contributed by atoms with E-state index in [-0.39, 0.29) is 5.75 Å². The molecule has 0 spiro atoms. The zero-order chi connectivity index (χ0) is 28.5. The minimum atomic E-state index is -0.699. The molecule has 0 aromatic heterocycles. The summed E-state index contributed by atoms with van der Waals surface area (Å²) in [5, 5.41) is 8.45. The third-order valence-corrected chi connectivity index (χ3v) is 11.6. The van der Waals surface area contributed by atoms with Crippen LogP contribution in [0.4, 0.5) is 0 Å². The lowest BCUT2D eigenvalue weighted by atomic mass is 10.0. The Balaban J connectivity index is 0. The molecule has 0 fully saturated rings. The van der Waals surface area contributed by atoms with Gasteiger partial charge in [0.25, 0.3) is 0 Å². The van der Waals surface area contributed by atoms with E-state index in [9.17, 15) is 4.79 Å². The van der Waals surface area contributed by atoms with E-state index in [1.807, 2.05) is 0 Å². The first kappa shape index (κ1) is 40.4. The lowest BCUT2D eigenvalue weighted by Crippen LogP contribution is -2.06. The van der Waals surface area contributed by atoms with Crippen LogP contribution in [-0.2, 0) is 4.79 Å². The normalized spacial score (nSPS) is 11.9. The molecule has 0 aliphatic carbocycles. The molecule has 0 heterocycles. The van der Waals surface area contributed by atoms with Gasteiger partial charge >= 0.3 is 5.97 Å². The molecule has 4 heteroatoms. The maximum Gasteiger partial charge on any atom is 0.313 e. The van der Waals surface area contributed by atoms with Crippen LogP contribution in [0.3, 0.4) is 0 Å². The number of unbranched alkanes of at least 4 members (excludes halogenated alkanes) is 16. The van der Waals surface area contributed by atoms with Gasteiger partial charge in [-0.25, -0.2) is 0 Å². The molecule has 0 rings (SSSR count). The topological polar surface area (TPSA) is 37.3 Å². The molecule has 0 radical (unpaired) electrons. The summed E-state index contributed by atoms with van der Waals surface area (Å²) in [4.78, 5) is 10.3. The van der Waals surface area contributed by atoms with Gasteiger partial charge in [-0.05, 0) is 55.8 Å². The second kappa shape index (κ2) is 35.3. The minimum absolute atomic E-state index is 0.253. The first-order chi connectivity index (χ1) is 18.5. The summed E-state index contributed by atoms with van der Waals surface area (Å²) in [6.07, 6.45) is 36.2. The van der Waals surface area contributed by atoms with Crippen LogP contribution in [-0.4, -0.2) is 41.1 Å². The molecule has 0 aliphatic heterocycles. The third-order valence-electron chi connectivity index (χ3n) is 7.61. The molecule has 1 atom stereocenters. The van der Waals surface area contributed by atoms with Gasteiger partial charge in [0.1, 0.15) is 0 Å². The Morgan fingerprint density at radius 2 is 0.947 bits per heavy atom. The van der Waals surface area contributed by atoms with E-state index in [0.29, 0.717) is 13.8 Å². The van der Waals surface area contributed by atoms with E-state index in [1.54, 1.807) is 30.2 Å². The number of hydrogen-bond acceptors (Lipinski definition) is 2. The molecule has 0 amide bonds. The van der Waals surface area contributed by atoms with Crippen LogP contribution in [0, 0.1) is 5.92 Å². The van der Waals surface area contributed by atoms with Crippen LogP contribution in [0.5, 0.6) is 0 Å². The number of aliphatic carboxylic acids is 1. The van der Waals surface area contributed by atoms with Crippen molar-refractivity contribution in [2.24, 2.45) is 5.92 Å². The van der Waals surface area contributed by atoms with E-state index in [4.69, 9.17) is 5.11 Å². The standard InChI is InChI=1S/C24H51P.C10H20O2S/c1-4-7-10-13-16-19-22-25(23-20-17-14-11-8-5-2)24-21-18-15-12-9-6-3;1-3-5-6-9(4-2)7-13-8-10(11)12/h4-24H2,1-3H3;9H,3-8H2,1-2H3,(H,11,12). The summed E-state index contributed by atoms with van der Waals surface area (Å²) in [5.41, 5.74) is 0. The molecule has 0 saturated heterocycles. The summed E-state index contributed by atoms with van der Waals surface area (Å²) >= 11 is 1.54. The number of hydrogen-bond donors (Lipinski definition) is 1. The SMILES string of the molecule is CCCCC(CC)CSCC(=O)O.CCCCCCCCP(CCCCCCCC)CCCCCCCC. The lowest BCUT2D eigenvalue weighted by Gasteiger charge is -2.18. The van der Waals surface area contributed by atoms with Gasteiger partial charge in [0.15, 0.2) is 0 Å². The molecule has 1 N–H and O–H groups in total. The molecule has 0 aliphatic rings. The fourth-order valence-corrected chi connectivity index (χ4v) is 8.61. The Hall–Kier alpha value is 0.250. The van der Waals surface area contributed by atoms with Gasteiger partial charge in [0, 0.05) is 0 Å². The number of carboxylic acid groups (broad SMARTS) is 1. The Labute approximate surface area is 246 Å². The van der Waals surface area contributed by atoms with Gasteiger partial charge in [-0.15, -0.1) is 19.7 Å². The molecular weight excluding hydrogens is 503 g/mol. The molecule has 0 bridgehead atoms. The van der Waals surface area contributed by atoms with Crippen molar-refractivity contribution >= 4 is 25.7 Å². The van der Waals surface area contributed by atoms with Gasteiger partial charge in [0.2, 0.25) is 0 Å². The van der Waals surface area contributed by atoms with E-state index >= 15 is 0 Å². The molecule has 0 saturated carbocycles. The maximum absolute atomic E-state index is 10.3.